The van der Waals surface area contributed by atoms with E-state index in [1.807, 2.05) is 0 Å². The molecule has 0 amide bonds. The lowest BCUT2D eigenvalue weighted by Crippen LogP contribution is -2.51. The Labute approximate surface area is 152 Å². The first-order valence-electron chi connectivity index (χ1n) is 8.11. The average molecular weight is 362 g/mol. The van der Waals surface area contributed by atoms with Crippen LogP contribution in [0.15, 0.2) is 48.5 Å². The smallest absolute Gasteiger partial charge is 0.333 e. The summed E-state index contributed by atoms with van der Waals surface area (Å²) in [6, 6.07) is 12.2. The highest BCUT2D eigenvalue weighted by molar-refractivity contribution is 5.87. The molecule has 0 saturated heterocycles. The lowest BCUT2D eigenvalue weighted by Gasteiger charge is -2.32. The van der Waals surface area contributed by atoms with Gasteiger partial charge in [-0.1, -0.05) is 36.4 Å². The molecule has 0 fully saturated rings. The third kappa shape index (κ3) is 4.70. The van der Waals surface area contributed by atoms with E-state index in [-0.39, 0.29) is 35.7 Å². The summed E-state index contributed by atoms with van der Waals surface area (Å²) in [6.45, 7) is 1.59. The van der Waals surface area contributed by atoms with E-state index in [1.165, 1.54) is 24.3 Å². The van der Waals surface area contributed by atoms with Crippen LogP contribution in [0.25, 0.3) is 0 Å². The molecular formula is C18H26N4O4. The van der Waals surface area contributed by atoms with Crippen LogP contribution in [0.5, 0.6) is 11.5 Å². The fourth-order valence-corrected chi connectivity index (χ4v) is 2.48. The van der Waals surface area contributed by atoms with Gasteiger partial charge in [-0.3, -0.25) is 5.32 Å². The third-order valence-electron chi connectivity index (χ3n) is 3.64. The number of carbonyl (C=O) groups is 1. The predicted octanol–water partition coefficient (Wildman–Crippen LogP) is -0.122. The molecule has 0 heterocycles. The normalized spacial score (nSPS) is 10.7. The number of aromatic hydroxyl groups is 2. The molecule has 26 heavy (non-hydrogen) atoms. The molecule has 8 nitrogen and oxygen atoms in total. The van der Waals surface area contributed by atoms with Crippen molar-refractivity contribution in [2.75, 3.05) is 26.2 Å². The lowest BCUT2D eigenvalue weighted by atomic mass is 9.81. The monoisotopic (exact) mass is 362 g/mol. The molecule has 2 aromatic rings. The van der Waals surface area contributed by atoms with Crippen LogP contribution in [0.2, 0.25) is 0 Å². The second-order valence-corrected chi connectivity index (χ2v) is 5.38. The second-order valence-electron chi connectivity index (χ2n) is 5.38. The first-order valence-corrected chi connectivity index (χ1v) is 8.11. The Morgan fingerprint density at radius 1 is 0.846 bits per heavy atom. The summed E-state index contributed by atoms with van der Waals surface area (Å²) < 4.78 is 0. The second kappa shape index (κ2) is 10.4. The van der Waals surface area contributed by atoms with Gasteiger partial charge in [-0.15, -0.1) is 0 Å². The predicted molar refractivity (Wildman–Crippen MR) is 99.8 cm³/mol. The number of nitrogens with one attached hydrogen (secondary N) is 1. The summed E-state index contributed by atoms with van der Waals surface area (Å²) >= 11 is 0. The van der Waals surface area contributed by atoms with Crippen LogP contribution in [0, 0.1) is 0 Å². The van der Waals surface area contributed by atoms with Crippen LogP contribution in [-0.4, -0.2) is 47.5 Å². The van der Waals surface area contributed by atoms with E-state index in [1.54, 1.807) is 24.3 Å². The van der Waals surface area contributed by atoms with Gasteiger partial charge >= 0.3 is 5.97 Å². The molecule has 0 aliphatic carbocycles. The Bertz CT molecular complexity index is 662. The standard InChI is InChI=1S/C16H18N2O4.C2H8N2/c17-9-10-18-16(15(21)22,11-5-1-3-7-13(11)19)12-6-2-4-8-14(12)20;3-1-2-4/h1-8,18-20H,9-10,17H2,(H,21,22);1-4H2. The van der Waals surface area contributed by atoms with Gasteiger partial charge in [-0.05, 0) is 12.1 Å². The van der Waals surface area contributed by atoms with Gasteiger partial charge in [0.05, 0.1) is 0 Å². The van der Waals surface area contributed by atoms with E-state index in [2.05, 4.69) is 5.32 Å². The van der Waals surface area contributed by atoms with Gasteiger partial charge in [0.25, 0.3) is 0 Å². The fourth-order valence-electron chi connectivity index (χ4n) is 2.48. The highest BCUT2D eigenvalue weighted by Gasteiger charge is 2.45. The molecule has 0 atom stereocenters. The van der Waals surface area contributed by atoms with Crippen molar-refractivity contribution < 1.29 is 20.1 Å². The zero-order valence-corrected chi connectivity index (χ0v) is 14.4. The maximum Gasteiger partial charge on any atom is 0.333 e. The van der Waals surface area contributed by atoms with Crippen molar-refractivity contribution in [3.8, 4) is 11.5 Å². The van der Waals surface area contributed by atoms with Crippen molar-refractivity contribution in [2.45, 2.75) is 5.54 Å². The molecule has 0 saturated carbocycles. The highest BCUT2D eigenvalue weighted by atomic mass is 16.4. The van der Waals surface area contributed by atoms with Crippen LogP contribution in [0.4, 0.5) is 0 Å². The van der Waals surface area contributed by atoms with E-state index >= 15 is 0 Å². The molecule has 0 aliphatic rings. The topological polar surface area (TPSA) is 168 Å². The molecule has 0 aliphatic heterocycles. The molecular weight excluding hydrogens is 336 g/mol. The van der Waals surface area contributed by atoms with Gasteiger partial charge < -0.3 is 32.5 Å². The van der Waals surface area contributed by atoms with Gasteiger partial charge in [0.2, 0.25) is 0 Å². The Kier molecular flexibility index (Phi) is 8.53. The SMILES string of the molecule is NCCN.NCCNC(C(=O)O)(c1ccccc1O)c1ccccc1O. The minimum atomic E-state index is -1.80. The fraction of sp³-hybridized carbons (Fsp3) is 0.278. The molecule has 10 N–H and O–H groups in total. The first kappa shape index (κ1) is 21.4. The maximum absolute atomic E-state index is 12.1. The number of hydrogen-bond donors (Lipinski definition) is 7. The van der Waals surface area contributed by atoms with Gasteiger partial charge in [0, 0.05) is 37.3 Å². The zero-order valence-electron chi connectivity index (χ0n) is 14.4. The lowest BCUT2D eigenvalue weighted by molar-refractivity contribution is -0.143. The Morgan fingerprint density at radius 3 is 1.58 bits per heavy atom. The summed E-state index contributed by atoms with van der Waals surface area (Å²) in [5, 5.41) is 33.0. The Morgan fingerprint density at radius 2 is 1.27 bits per heavy atom. The van der Waals surface area contributed by atoms with E-state index in [4.69, 9.17) is 17.2 Å². The summed E-state index contributed by atoms with van der Waals surface area (Å²) in [6.07, 6.45) is 0. The number of hydrogen-bond acceptors (Lipinski definition) is 7. The Hall–Kier alpha value is -2.65. The van der Waals surface area contributed by atoms with Crippen molar-refractivity contribution in [3.05, 3.63) is 59.7 Å². The van der Waals surface area contributed by atoms with Gasteiger partial charge in [0.15, 0.2) is 5.54 Å². The highest BCUT2D eigenvalue weighted by Crippen LogP contribution is 2.39. The summed E-state index contributed by atoms with van der Waals surface area (Å²) in [5.74, 6) is -1.61. The van der Waals surface area contributed by atoms with Crippen molar-refractivity contribution in [2.24, 2.45) is 17.2 Å². The van der Waals surface area contributed by atoms with E-state index in [0.29, 0.717) is 13.1 Å². The molecule has 0 bridgehead atoms. The van der Waals surface area contributed by atoms with Crippen molar-refractivity contribution in [1.29, 1.82) is 0 Å². The van der Waals surface area contributed by atoms with Crippen molar-refractivity contribution >= 4 is 5.97 Å². The van der Waals surface area contributed by atoms with Crippen LogP contribution >= 0.6 is 0 Å². The van der Waals surface area contributed by atoms with E-state index in [9.17, 15) is 20.1 Å². The summed E-state index contributed by atoms with van der Waals surface area (Å²) in [5.41, 5.74) is 13.8. The quantitative estimate of drug-likeness (QED) is 0.357. The number of nitrogens with two attached hydrogens (primary N) is 3. The van der Waals surface area contributed by atoms with E-state index < -0.39 is 11.5 Å². The number of phenols is 2. The number of carboxylic acids is 1. The number of para-hydroxylation sites is 2. The summed E-state index contributed by atoms with van der Waals surface area (Å²) in [7, 11) is 0. The molecule has 0 unspecified atom stereocenters. The minimum absolute atomic E-state index is 0.137. The van der Waals surface area contributed by atoms with Crippen LogP contribution < -0.4 is 22.5 Å². The number of carboxylic acid groups (broad SMARTS) is 1. The number of aliphatic carboxylic acids is 1. The molecule has 2 aromatic carbocycles. The molecule has 8 heteroatoms. The first-order chi connectivity index (χ1) is 12.4. The molecule has 142 valence electrons. The molecule has 2 rings (SSSR count). The van der Waals surface area contributed by atoms with Crippen molar-refractivity contribution in [3.63, 3.8) is 0 Å². The maximum atomic E-state index is 12.1. The minimum Gasteiger partial charge on any atom is -0.508 e. The zero-order chi connectivity index (χ0) is 19.6. The van der Waals surface area contributed by atoms with Gasteiger partial charge in [0.1, 0.15) is 11.5 Å². The molecule has 0 radical (unpaired) electrons. The van der Waals surface area contributed by atoms with Crippen LogP contribution in [0.3, 0.4) is 0 Å². The average Bonchev–Trinajstić information content (AvgIpc) is 2.64. The molecule has 0 spiro atoms. The largest absolute Gasteiger partial charge is 0.508 e. The van der Waals surface area contributed by atoms with E-state index in [0.717, 1.165) is 0 Å². The van der Waals surface area contributed by atoms with Gasteiger partial charge in [-0.2, -0.15) is 0 Å². The number of benzene rings is 2. The Balaban J connectivity index is 0.000000765. The van der Waals surface area contributed by atoms with Crippen LogP contribution in [0.1, 0.15) is 11.1 Å². The summed E-state index contributed by atoms with van der Waals surface area (Å²) in [4.78, 5) is 12.1. The van der Waals surface area contributed by atoms with Crippen LogP contribution in [-0.2, 0) is 10.3 Å². The number of phenolic OH excluding ortho intramolecular Hbond substituents is 2. The molecule has 0 aromatic heterocycles. The van der Waals surface area contributed by atoms with Gasteiger partial charge in [-0.25, -0.2) is 4.79 Å². The third-order valence-corrected chi connectivity index (χ3v) is 3.64. The van der Waals surface area contributed by atoms with Crippen molar-refractivity contribution in [1.82, 2.24) is 5.32 Å². The number of rotatable bonds is 7.